The number of nitrogens with one attached hydrogen (secondary N) is 1. The molecule has 4 rings (SSSR count). The Morgan fingerprint density at radius 3 is 2.90 bits per heavy atom. The van der Waals surface area contributed by atoms with E-state index in [-0.39, 0.29) is 11.9 Å². The fraction of sp³-hybridized carbons (Fsp3) is 0.217. The summed E-state index contributed by atoms with van der Waals surface area (Å²) in [5.74, 6) is 0.758. The number of benzodiazepines with no additional fused rings is 1. The molecular weight excluding hydrogens is 382 g/mol. The number of nitrogens with zero attached hydrogens (tertiary/aromatic N) is 2. The Morgan fingerprint density at radius 2 is 2.10 bits per heavy atom. The van der Waals surface area contributed by atoms with Crippen LogP contribution in [0.2, 0.25) is 0 Å². The quantitative estimate of drug-likeness (QED) is 0.702. The van der Waals surface area contributed by atoms with E-state index in [9.17, 15) is 4.79 Å². The van der Waals surface area contributed by atoms with E-state index in [1.807, 2.05) is 47.2 Å². The second-order valence-electron chi connectivity index (χ2n) is 6.93. The minimum absolute atomic E-state index is 0.0471. The summed E-state index contributed by atoms with van der Waals surface area (Å²) in [4.78, 5) is 19.5. The topological polar surface area (TPSA) is 53.9 Å². The summed E-state index contributed by atoms with van der Waals surface area (Å²) >= 11 is 1.52. The zero-order valence-corrected chi connectivity index (χ0v) is 17.3. The molecule has 148 valence electrons. The summed E-state index contributed by atoms with van der Waals surface area (Å²) in [6.45, 7) is 1.11. The largest absolute Gasteiger partial charge is 0.497 e. The van der Waals surface area contributed by atoms with Crippen LogP contribution in [0.15, 0.2) is 70.3 Å². The maximum atomic E-state index is 12.4. The summed E-state index contributed by atoms with van der Waals surface area (Å²) in [7, 11) is 3.73. The Hall–Kier alpha value is -3.12. The Morgan fingerprint density at radius 1 is 1.24 bits per heavy atom. The van der Waals surface area contributed by atoms with Gasteiger partial charge in [-0.15, -0.1) is 0 Å². The molecule has 0 spiro atoms. The van der Waals surface area contributed by atoms with Gasteiger partial charge in [0.1, 0.15) is 5.75 Å². The van der Waals surface area contributed by atoms with E-state index < -0.39 is 0 Å². The number of benzene rings is 2. The third-order valence-electron chi connectivity index (χ3n) is 5.17. The predicted octanol–water partition coefficient (Wildman–Crippen LogP) is 3.84. The van der Waals surface area contributed by atoms with E-state index in [1.165, 1.54) is 11.3 Å². The van der Waals surface area contributed by atoms with Crippen molar-refractivity contribution in [3.63, 3.8) is 0 Å². The highest BCUT2D eigenvalue weighted by Crippen LogP contribution is 2.28. The molecule has 0 aliphatic carbocycles. The Balaban J connectivity index is 1.63. The number of ether oxygens (including phenoxy) is 1. The number of para-hydroxylation sites is 1. The van der Waals surface area contributed by atoms with Crippen molar-refractivity contribution in [1.82, 2.24) is 5.32 Å². The second kappa shape index (κ2) is 8.49. The molecule has 5 nitrogen and oxygen atoms in total. The summed E-state index contributed by atoms with van der Waals surface area (Å²) in [6.07, 6.45) is 0. The van der Waals surface area contributed by atoms with Crippen LogP contribution in [0.5, 0.6) is 5.75 Å². The summed E-state index contributed by atoms with van der Waals surface area (Å²) < 4.78 is 5.40. The first-order valence-corrected chi connectivity index (χ1v) is 10.4. The Bertz CT molecular complexity index is 1030. The molecule has 0 radical (unpaired) electrons. The number of thiophene rings is 1. The number of hydrogen-bond acceptors (Lipinski definition) is 5. The van der Waals surface area contributed by atoms with Gasteiger partial charge in [-0.1, -0.05) is 30.3 Å². The lowest BCUT2D eigenvalue weighted by Crippen LogP contribution is -2.43. The van der Waals surface area contributed by atoms with Crippen LogP contribution >= 0.6 is 11.3 Å². The highest BCUT2D eigenvalue weighted by molar-refractivity contribution is 7.08. The van der Waals surface area contributed by atoms with Gasteiger partial charge in [-0.25, -0.2) is 0 Å². The monoisotopic (exact) mass is 405 g/mol. The van der Waals surface area contributed by atoms with E-state index >= 15 is 0 Å². The molecule has 1 N–H and O–H groups in total. The molecule has 1 amide bonds. The Kier molecular flexibility index (Phi) is 5.62. The van der Waals surface area contributed by atoms with Crippen molar-refractivity contribution >= 4 is 28.6 Å². The fourth-order valence-electron chi connectivity index (χ4n) is 3.51. The number of carbonyl (C=O) groups is 1. The maximum absolute atomic E-state index is 12.4. The second-order valence-corrected chi connectivity index (χ2v) is 7.71. The lowest BCUT2D eigenvalue weighted by molar-refractivity contribution is 0.0952. The van der Waals surface area contributed by atoms with Gasteiger partial charge in [0.05, 0.1) is 25.4 Å². The molecule has 1 aliphatic heterocycles. The molecule has 1 atom stereocenters. The zero-order chi connectivity index (χ0) is 20.2. The van der Waals surface area contributed by atoms with E-state index in [1.54, 1.807) is 7.11 Å². The third-order valence-corrected chi connectivity index (χ3v) is 5.86. The minimum Gasteiger partial charge on any atom is -0.497 e. The van der Waals surface area contributed by atoms with Gasteiger partial charge in [-0.05, 0) is 29.6 Å². The Labute approximate surface area is 174 Å². The summed E-state index contributed by atoms with van der Waals surface area (Å²) in [5, 5.41) is 6.83. The lowest BCUT2D eigenvalue weighted by atomic mass is 10.00. The van der Waals surface area contributed by atoms with Gasteiger partial charge in [-0.3, -0.25) is 9.79 Å². The third kappa shape index (κ3) is 4.03. The van der Waals surface area contributed by atoms with Crippen molar-refractivity contribution in [2.75, 3.05) is 32.1 Å². The van der Waals surface area contributed by atoms with Crippen LogP contribution < -0.4 is 15.0 Å². The van der Waals surface area contributed by atoms with Gasteiger partial charge in [-0.2, -0.15) is 11.3 Å². The average Bonchev–Trinajstić information content (AvgIpc) is 3.26. The van der Waals surface area contributed by atoms with Crippen LogP contribution in [-0.2, 0) is 0 Å². The van der Waals surface area contributed by atoms with Gasteiger partial charge < -0.3 is 15.0 Å². The molecule has 6 heteroatoms. The number of methoxy groups -OCH3 is 1. The lowest BCUT2D eigenvalue weighted by Gasteiger charge is -2.28. The smallest absolute Gasteiger partial charge is 0.252 e. The van der Waals surface area contributed by atoms with Crippen molar-refractivity contribution in [1.29, 1.82) is 0 Å². The van der Waals surface area contributed by atoms with Crippen LogP contribution in [0.1, 0.15) is 21.5 Å². The van der Waals surface area contributed by atoms with E-state index in [0.29, 0.717) is 18.7 Å². The molecule has 1 unspecified atom stereocenters. The molecule has 2 heterocycles. The number of amides is 1. The number of carbonyl (C=O) groups excluding carboxylic acids is 1. The van der Waals surface area contributed by atoms with Gasteiger partial charge in [0.2, 0.25) is 0 Å². The number of aliphatic imine (C=N–C) groups is 1. The molecule has 2 aromatic carbocycles. The van der Waals surface area contributed by atoms with Gasteiger partial charge in [0, 0.05) is 41.4 Å². The van der Waals surface area contributed by atoms with Crippen LogP contribution in [0, 0.1) is 0 Å². The molecule has 0 fully saturated rings. The number of likely N-dealkylation sites (N-methyl/N-ethyl adjacent to an activating group) is 1. The van der Waals surface area contributed by atoms with Crippen molar-refractivity contribution in [3.05, 3.63) is 82.0 Å². The zero-order valence-electron chi connectivity index (χ0n) is 16.5. The maximum Gasteiger partial charge on any atom is 0.252 e. The van der Waals surface area contributed by atoms with Crippen molar-refractivity contribution in [3.8, 4) is 5.75 Å². The van der Waals surface area contributed by atoms with Crippen LogP contribution in [-0.4, -0.2) is 44.9 Å². The molecular formula is C23H23N3O2S. The molecule has 0 bridgehead atoms. The van der Waals surface area contributed by atoms with Crippen molar-refractivity contribution in [2.45, 2.75) is 6.04 Å². The van der Waals surface area contributed by atoms with Gasteiger partial charge in [0.25, 0.3) is 5.91 Å². The first-order valence-electron chi connectivity index (χ1n) is 9.49. The predicted molar refractivity (Wildman–Crippen MR) is 119 cm³/mol. The summed E-state index contributed by atoms with van der Waals surface area (Å²) in [5.41, 5.74) is 4.84. The van der Waals surface area contributed by atoms with Crippen LogP contribution in [0.4, 0.5) is 5.69 Å². The molecule has 0 saturated carbocycles. The molecule has 0 saturated heterocycles. The number of rotatable bonds is 5. The number of anilines is 1. The van der Waals surface area contributed by atoms with Crippen LogP contribution in [0.3, 0.4) is 0 Å². The van der Waals surface area contributed by atoms with Crippen molar-refractivity contribution in [2.24, 2.45) is 4.99 Å². The van der Waals surface area contributed by atoms with Gasteiger partial charge >= 0.3 is 0 Å². The first-order chi connectivity index (χ1) is 14.2. The van der Waals surface area contributed by atoms with E-state index in [0.717, 1.165) is 28.3 Å². The van der Waals surface area contributed by atoms with E-state index in [2.05, 4.69) is 35.5 Å². The highest BCUT2D eigenvalue weighted by Gasteiger charge is 2.24. The molecule has 29 heavy (non-hydrogen) atoms. The highest BCUT2D eigenvalue weighted by atomic mass is 32.1. The molecule has 1 aliphatic rings. The minimum atomic E-state index is -0.0471. The molecule has 3 aromatic rings. The van der Waals surface area contributed by atoms with E-state index in [4.69, 9.17) is 9.73 Å². The SMILES string of the molecule is COc1cccc(C2=NCC(CNC(=O)c3ccsc3)N(C)c3ccccc32)c1. The number of fused-ring (bicyclic) bond motifs is 1. The van der Waals surface area contributed by atoms with Gasteiger partial charge in [0.15, 0.2) is 0 Å². The summed E-state index contributed by atoms with van der Waals surface area (Å²) in [6, 6.07) is 18.1. The average molecular weight is 406 g/mol. The van der Waals surface area contributed by atoms with Crippen molar-refractivity contribution < 1.29 is 9.53 Å². The normalized spacial score (nSPS) is 15.9. The number of hydrogen-bond donors (Lipinski definition) is 1. The standard InChI is InChI=1S/C23H23N3O2S/c1-26-18(14-25-23(27)17-10-11-29-15-17)13-24-22(20-8-3-4-9-21(20)26)16-6-5-7-19(12-16)28-2/h3-12,15,18H,13-14H2,1-2H3,(H,25,27). The molecule has 1 aromatic heterocycles. The fourth-order valence-corrected chi connectivity index (χ4v) is 4.14. The first kappa shape index (κ1) is 19.2. The van der Waals surface area contributed by atoms with Crippen LogP contribution in [0.25, 0.3) is 0 Å².